The van der Waals surface area contributed by atoms with E-state index in [0.29, 0.717) is 11.2 Å². The van der Waals surface area contributed by atoms with Gasteiger partial charge in [0, 0.05) is 17.3 Å². The number of pyridine rings is 1. The second kappa shape index (κ2) is 4.61. The van der Waals surface area contributed by atoms with Crippen molar-refractivity contribution in [1.29, 1.82) is 0 Å². The number of aromatic nitrogens is 3. The Morgan fingerprint density at radius 2 is 2.05 bits per heavy atom. The average molecular weight is 288 g/mol. The fraction of sp³-hybridized carbons (Fsp3) is 0.0769. The predicted octanol–water partition coefficient (Wildman–Crippen LogP) is 2.07. The number of rotatable bonds is 3. The van der Waals surface area contributed by atoms with Crippen molar-refractivity contribution in [3.63, 3.8) is 0 Å². The molecule has 20 heavy (non-hydrogen) atoms. The molecule has 0 bridgehead atoms. The number of anilines is 1. The molecule has 7 heteroatoms. The Labute approximate surface area is 115 Å². The molecular weight excluding hydrogens is 276 g/mol. The molecule has 3 rings (SSSR count). The summed E-state index contributed by atoms with van der Waals surface area (Å²) in [4.78, 5) is 4.48. The largest absolute Gasteiger partial charge is 0.284 e. The van der Waals surface area contributed by atoms with Gasteiger partial charge < -0.3 is 0 Å². The highest BCUT2D eigenvalue weighted by Crippen LogP contribution is 2.23. The van der Waals surface area contributed by atoms with Gasteiger partial charge in [0.2, 0.25) is 0 Å². The minimum absolute atomic E-state index is 0.153. The van der Waals surface area contributed by atoms with Crippen molar-refractivity contribution < 1.29 is 8.42 Å². The van der Waals surface area contributed by atoms with Crippen molar-refractivity contribution in [3.05, 3.63) is 48.4 Å². The topological polar surface area (TPSA) is 87.7 Å². The lowest BCUT2D eigenvalue weighted by Gasteiger charge is -2.08. The number of aromatic amines is 1. The number of para-hydroxylation sites is 1. The zero-order valence-corrected chi connectivity index (χ0v) is 11.5. The summed E-state index contributed by atoms with van der Waals surface area (Å²) in [6.45, 7) is 1.83. The maximum Gasteiger partial charge on any atom is 0.264 e. The van der Waals surface area contributed by atoms with Crippen LogP contribution in [0, 0.1) is 6.92 Å². The van der Waals surface area contributed by atoms with Gasteiger partial charge in [0.15, 0.2) is 0 Å². The van der Waals surface area contributed by atoms with Crippen molar-refractivity contribution in [2.24, 2.45) is 0 Å². The van der Waals surface area contributed by atoms with Crippen LogP contribution in [0.3, 0.4) is 0 Å². The lowest BCUT2D eigenvalue weighted by Crippen LogP contribution is -2.13. The molecule has 0 spiro atoms. The van der Waals surface area contributed by atoms with Crippen molar-refractivity contribution in [2.75, 3.05) is 4.72 Å². The number of sulfonamides is 1. The summed E-state index contributed by atoms with van der Waals surface area (Å²) < 4.78 is 27.3. The molecule has 0 aliphatic heterocycles. The first-order valence-electron chi connectivity index (χ1n) is 5.94. The molecule has 0 radical (unpaired) electrons. The van der Waals surface area contributed by atoms with Gasteiger partial charge >= 0.3 is 0 Å². The highest BCUT2D eigenvalue weighted by molar-refractivity contribution is 7.93. The maximum absolute atomic E-state index is 12.4. The predicted molar refractivity (Wildman–Crippen MR) is 75.9 cm³/mol. The van der Waals surface area contributed by atoms with Gasteiger partial charge in [-0.3, -0.25) is 14.8 Å². The molecule has 2 aromatic heterocycles. The van der Waals surface area contributed by atoms with Crippen LogP contribution in [-0.2, 0) is 10.0 Å². The van der Waals surface area contributed by atoms with E-state index >= 15 is 0 Å². The highest BCUT2D eigenvalue weighted by Gasteiger charge is 2.18. The Morgan fingerprint density at radius 1 is 1.20 bits per heavy atom. The molecule has 0 unspecified atom stereocenters. The molecule has 6 nitrogen and oxygen atoms in total. The van der Waals surface area contributed by atoms with Crippen LogP contribution < -0.4 is 4.72 Å². The third-order valence-electron chi connectivity index (χ3n) is 2.86. The van der Waals surface area contributed by atoms with Gasteiger partial charge in [-0.15, -0.1) is 0 Å². The first-order valence-corrected chi connectivity index (χ1v) is 7.42. The molecule has 0 saturated carbocycles. The van der Waals surface area contributed by atoms with Crippen LogP contribution in [0.15, 0.2) is 47.6 Å². The van der Waals surface area contributed by atoms with Crippen molar-refractivity contribution in [1.82, 2.24) is 15.2 Å². The second-order valence-corrected chi connectivity index (χ2v) is 6.02. The fourth-order valence-electron chi connectivity index (χ4n) is 1.95. The van der Waals surface area contributed by atoms with Crippen molar-refractivity contribution >= 4 is 26.6 Å². The Bertz CT molecular complexity index is 857. The summed E-state index contributed by atoms with van der Waals surface area (Å²) in [6.07, 6.45) is 2.88. The third kappa shape index (κ3) is 2.23. The molecule has 0 aliphatic carbocycles. The van der Waals surface area contributed by atoms with Crippen LogP contribution >= 0.6 is 0 Å². The van der Waals surface area contributed by atoms with E-state index in [9.17, 15) is 8.42 Å². The Kier molecular flexibility index (Phi) is 2.90. The summed E-state index contributed by atoms with van der Waals surface area (Å²) in [5, 5.41) is 7.05. The maximum atomic E-state index is 12.4. The number of nitrogens with zero attached hydrogens (tertiary/aromatic N) is 2. The van der Waals surface area contributed by atoms with Crippen LogP contribution in [0.25, 0.3) is 10.9 Å². The minimum atomic E-state index is -3.70. The molecular formula is C13H12N4O2S. The number of fused-ring (bicyclic) bond motifs is 1. The quantitative estimate of drug-likeness (QED) is 0.772. The number of benzene rings is 1. The van der Waals surface area contributed by atoms with Crippen LogP contribution in [0.2, 0.25) is 0 Å². The smallest absolute Gasteiger partial charge is 0.264 e. The van der Waals surface area contributed by atoms with Gasteiger partial charge in [-0.1, -0.05) is 18.2 Å². The van der Waals surface area contributed by atoms with Gasteiger partial charge in [0.25, 0.3) is 10.0 Å². The number of hydrogen-bond donors (Lipinski definition) is 2. The summed E-state index contributed by atoms with van der Waals surface area (Å²) in [5.41, 5.74) is 1.61. The van der Waals surface area contributed by atoms with E-state index in [2.05, 4.69) is 19.9 Å². The van der Waals surface area contributed by atoms with Crippen LogP contribution in [0.5, 0.6) is 0 Å². The van der Waals surface area contributed by atoms with Gasteiger partial charge in [-0.05, 0) is 19.1 Å². The highest BCUT2D eigenvalue weighted by atomic mass is 32.2. The molecule has 2 heterocycles. The van der Waals surface area contributed by atoms with E-state index in [1.54, 1.807) is 6.07 Å². The molecule has 1 aromatic carbocycles. The zero-order chi connectivity index (χ0) is 14.2. The van der Waals surface area contributed by atoms with Gasteiger partial charge in [0.1, 0.15) is 4.90 Å². The summed E-state index contributed by atoms with van der Waals surface area (Å²) in [7, 11) is -3.70. The number of H-pyrrole nitrogens is 1. The standard InChI is InChI=1S/C13H12N4O2S/c1-9-5-6-10-3-2-4-12(13(10)16-9)20(18,19)17-11-7-14-15-8-11/h2-8,17H,1H3,(H,14,15). The summed E-state index contributed by atoms with van der Waals surface area (Å²) in [5.74, 6) is 0. The first kappa shape index (κ1) is 12.6. The van der Waals surface area contributed by atoms with Crippen LogP contribution in [0.1, 0.15) is 5.69 Å². The fourth-order valence-corrected chi connectivity index (χ4v) is 3.16. The van der Waals surface area contributed by atoms with Crippen molar-refractivity contribution in [3.8, 4) is 0 Å². The first-order chi connectivity index (χ1) is 9.56. The Morgan fingerprint density at radius 3 is 2.80 bits per heavy atom. The van der Waals surface area contributed by atoms with Crippen molar-refractivity contribution in [2.45, 2.75) is 11.8 Å². The molecule has 102 valence electrons. The van der Waals surface area contributed by atoms with Gasteiger partial charge in [-0.2, -0.15) is 5.10 Å². The molecule has 3 aromatic rings. The van der Waals surface area contributed by atoms with Crippen LogP contribution in [0.4, 0.5) is 5.69 Å². The molecule has 0 aliphatic rings. The molecule has 0 atom stereocenters. The third-order valence-corrected chi connectivity index (χ3v) is 4.28. The Balaban J connectivity index is 2.16. The number of nitrogens with one attached hydrogen (secondary N) is 2. The van der Waals surface area contributed by atoms with Crippen LogP contribution in [-0.4, -0.2) is 23.6 Å². The number of aryl methyl sites for hydroxylation is 1. The van der Waals surface area contributed by atoms with Gasteiger partial charge in [0.05, 0.1) is 17.4 Å². The van der Waals surface area contributed by atoms with Gasteiger partial charge in [-0.25, -0.2) is 8.42 Å². The summed E-state index contributed by atoms with van der Waals surface area (Å²) in [6, 6.07) is 8.77. The monoisotopic (exact) mass is 288 g/mol. The second-order valence-electron chi connectivity index (χ2n) is 4.37. The van der Waals surface area contributed by atoms with E-state index in [1.165, 1.54) is 18.5 Å². The lowest BCUT2D eigenvalue weighted by atomic mass is 10.2. The zero-order valence-electron chi connectivity index (χ0n) is 10.7. The molecule has 0 fully saturated rings. The Hall–Kier alpha value is -2.41. The van der Waals surface area contributed by atoms with E-state index in [1.807, 2.05) is 25.1 Å². The SMILES string of the molecule is Cc1ccc2cccc(S(=O)(=O)Nc3cn[nH]c3)c2n1. The lowest BCUT2D eigenvalue weighted by molar-refractivity contribution is 0.602. The molecule has 2 N–H and O–H groups in total. The number of hydrogen-bond acceptors (Lipinski definition) is 4. The summed E-state index contributed by atoms with van der Waals surface area (Å²) >= 11 is 0. The average Bonchev–Trinajstić information content (AvgIpc) is 2.90. The molecule has 0 amide bonds. The van der Waals surface area contributed by atoms with E-state index < -0.39 is 10.0 Å². The van der Waals surface area contributed by atoms with E-state index in [4.69, 9.17) is 0 Å². The molecule has 0 saturated heterocycles. The van der Waals surface area contributed by atoms with E-state index in [-0.39, 0.29) is 4.90 Å². The minimum Gasteiger partial charge on any atom is -0.284 e. The normalized spacial score (nSPS) is 11.7. The van der Waals surface area contributed by atoms with E-state index in [0.717, 1.165) is 11.1 Å².